The second-order valence-corrected chi connectivity index (χ2v) is 11.0. The predicted molar refractivity (Wildman–Crippen MR) is 126 cm³/mol. The molecule has 1 aliphatic carbocycles. The largest absolute Gasteiger partial charge is 0.374 e. The van der Waals surface area contributed by atoms with Gasteiger partial charge < -0.3 is 4.74 Å². The molecular weight excluding hydrogens is 340 g/mol. The topological polar surface area (TPSA) is 9.23 Å². The van der Waals surface area contributed by atoms with Crippen molar-refractivity contribution in [1.29, 1.82) is 0 Å². The number of hydrogen-bond acceptors (Lipinski definition) is 1. The molecular formula is C27H54O. The molecule has 0 N–H and O–H groups in total. The van der Waals surface area contributed by atoms with E-state index in [1.807, 2.05) is 0 Å². The van der Waals surface area contributed by atoms with E-state index >= 15 is 0 Å². The Morgan fingerprint density at radius 2 is 1.21 bits per heavy atom. The molecule has 0 unspecified atom stereocenters. The van der Waals surface area contributed by atoms with Crippen molar-refractivity contribution in [2.45, 2.75) is 156 Å². The fourth-order valence-electron chi connectivity index (χ4n) is 4.77. The van der Waals surface area contributed by atoms with Gasteiger partial charge in [-0.2, -0.15) is 0 Å². The molecule has 1 rings (SSSR count). The highest BCUT2D eigenvalue weighted by molar-refractivity contribution is 4.88. The van der Waals surface area contributed by atoms with Crippen molar-refractivity contribution in [1.82, 2.24) is 0 Å². The molecule has 0 aliphatic heterocycles. The van der Waals surface area contributed by atoms with Gasteiger partial charge in [0.25, 0.3) is 0 Å². The van der Waals surface area contributed by atoms with Crippen LogP contribution in [0.15, 0.2) is 0 Å². The summed E-state index contributed by atoms with van der Waals surface area (Å²) in [5.41, 5.74) is 0.485. The molecule has 0 aromatic carbocycles. The molecule has 0 amide bonds. The lowest BCUT2D eigenvalue weighted by atomic mass is 9.74. The van der Waals surface area contributed by atoms with Crippen molar-refractivity contribution in [3.63, 3.8) is 0 Å². The van der Waals surface area contributed by atoms with Gasteiger partial charge in [-0.05, 0) is 43.4 Å². The summed E-state index contributed by atoms with van der Waals surface area (Å²) in [5, 5.41) is 0. The van der Waals surface area contributed by atoms with E-state index in [0.29, 0.717) is 0 Å². The number of rotatable bonds is 16. The maximum absolute atomic E-state index is 6.68. The summed E-state index contributed by atoms with van der Waals surface area (Å²) in [5.74, 6) is 0.974. The summed E-state index contributed by atoms with van der Waals surface area (Å²) in [6, 6.07) is 0. The number of unbranched alkanes of at least 4 members (excludes halogenated alkanes) is 10. The van der Waals surface area contributed by atoms with E-state index in [4.69, 9.17) is 4.74 Å². The van der Waals surface area contributed by atoms with Gasteiger partial charge >= 0.3 is 0 Å². The maximum Gasteiger partial charge on any atom is 0.0683 e. The van der Waals surface area contributed by atoms with E-state index in [1.165, 1.54) is 116 Å². The van der Waals surface area contributed by atoms with E-state index in [-0.39, 0.29) is 11.0 Å². The van der Waals surface area contributed by atoms with Crippen molar-refractivity contribution in [3.05, 3.63) is 0 Å². The molecule has 0 atom stereocenters. The van der Waals surface area contributed by atoms with Crippen molar-refractivity contribution >= 4 is 0 Å². The summed E-state index contributed by atoms with van der Waals surface area (Å²) in [6.45, 7) is 12.5. The van der Waals surface area contributed by atoms with Crippen LogP contribution >= 0.6 is 0 Å². The van der Waals surface area contributed by atoms with Crippen LogP contribution in [0.1, 0.15) is 150 Å². The van der Waals surface area contributed by atoms with Gasteiger partial charge in [-0.15, -0.1) is 0 Å². The molecule has 1 fully saturated rings. The smallest absolute Gasteiger partial charge is 0.0683 e. The van der Waals surface area contributed by atoms with Crippen LogP contribution in [0.5, 0.6) is 0 Å². The Kier molecular flexibility index (Phi) is 13.8. The lowest BCUT2D eigenvalue weighted by molar-refractivity contribution is -0.107. The van der Waals surface area contributed by atoms with Crippen molar-refractivity contribution in [2.75, 3.05) is 6.61 Å². The third kappa shape index (κ3) is 12.5. The van der Waals surface area contributed by atoms with Crippen molar-refractivity contribution < 1.29 is 4.74 Å². The monoisotopic (exact) mass is 394 g/mol. The highest BCUT2D eigenvalue weighted by Crippen LogP contribution is 2.41. The molecule has 0 aromatic heterocycles. The Bertz CT molecular complexity index is 346. The van der Waals surface area contributed by atoms with Crippen LogP contribution in [0.25, 0.3) is 0 Å². The zero-order valence-electron chi connectivity index (χ0n) is 20.4. The van der Waals surface area contributed by atoms with Crippen LogP contribution in [0.4, 0.5) is 0 Å². The molecule has 0 bridgehead atoms. The first-order valence-corrected chi connectivity index (χ1v) is 13.0. The van der Waals surface area contributed by atoms with Gasteiger partial charge in [-0.25, -0.2) is 0 Å². The van der Waals surface area contributed by atoms with E-state index in [2.05, 4.69) is 34.6 Å². The first-order valence-electron chi connectivity index (χ1n) is 13.0. The quantitative estimate of drug-likeness (QED) is 0.237. The number of ether oxygens (including phenoxy) is 1. The highest BCUT2D eigenvalue weighted by Gasteiger charge is 2.36. The van der Waals surface area contributed by atoms with Gasteiger partial charge in [0.2, 0.25) is 0 Å². The Labute approximate surface area is 178 Å². The van der Waals surface area contributed by atoms with E-state index in [1.54, 1.807) is 0 Å². The molecule has 0 saturated heterocycles. The van der Waals surface area contributed by atoms with Crippen LogP contribution in [0.2, 0.25) is 0 Å². The second kappa shape index (κ2) is 14.9. The standard InChI is InChI=1S/C27H54O/c1-6-8-10-12-14-16-18-25-19-22-27(23-20-25,28-24-26(3,4)5)21-17-15-13-11-9-7-2/h25H,6-24H2,1-5H3. The summed E-state index contributed by atoms with van der Waals surface area (Å²) >= 11 is 0. The molecule has 1 aliphatic rings. The molecule has 1 heteroatoms. The van der Waals surface area contributed by atoms with Crippen molar-refractivity contribution in [3.8, 4) is 0 Å². The molecule has 168 valence electrons. The highest BCUT2D eigenvalue weighted by atomic mass is 16.5. The van der Waals surface area contributed by atoms with Gasteiger partial charge in [0.15, 0.2) is 0 Å². The molecule has 28 heavy (non-hydrogen) atoms. The van der Waals surface area contributed by atoms with Crippen LogP contribution in [0, 0.1) is 11.3 Å². The Hall–Kier alpha value is -0.0400. The van der Waals surface area contributed by atoms with E-state index < -0.39 is 0 Å². The van der Waals surface area contributed by atoms with Crippen LogP contribution in [-0.4, -0.2) is 12.2 Å². The van der Waals surface area contributed by atoms with Crippen LogP contribution in [0.3, 0.4) is 0 Å². The molecule has 1 nitrogen and oxygen atoms in total. The maximum atomic E-state index is 6.68. The van der Waals surface area contributed by atoms with Crippen LogP contribution < -0.4 is 0 Å². The summed E-state index contributed by atoms with van der Waals surface area (Å²) < 4.78 is 6.68. The lowest BCUT2D eigenvalue weighted by Crippen LogP contribution is -2.39. The predicted octanol–water partition coefficient (Wildman–Crippen LogP) is 9.48. The first-order chi connectivity index (χ1) is 13.4. The van der Waals surface area contributed by atoms with E-state index in [0.717, 1.165) is 12.5 Å². The zero-order valence-corrected chi connectivity index (χ0v) is 20.4. The average Bonchev–Trinajstić information content (AvgIpc) is 2.67. The normalized spacial score (nSPS) is 23.2. The third-order valence-corrected chi connectivity index (χ3v) is 6.78. The Morgan fingerprint density at radius 3 is 1.75 bits per heavy atom. The average molecular weight is 395 g/mol. The fraction of sp³-hybridized carbons (Fsp3) is 1.00. The van der Waals surface area contributed by atoms with Gasteiger partial charge in [0.1, 0.15) is 0 Å². The number of hydrogen-bond donors (Lipinski definition) is 0. The molecule has 0 heterocycles. The minimum atomic E-state index is 0.204. The summed E-state index contributed by atoms with van der Waals surface area (Å²) in [6.07, 6.45) is 25.2. The van der Waals surface area contributed by atoms with E-state index in [9.17, 15) is 0 Å². The third-order valence-electron chi connectivity index (χ3n) is 6.78. The fourth-order valence-corrected chi connectivity index (χ4v) is 4.77. The second-order valence-electron chi connectivity index (χ2n) is 11.0. The Balaban J connectivity index is 2.34. The molecule has 0 aromatic rings. The summed E-state index contributed by atoms with van der Waals surface area (Å²) in [7, 11) is 0. The SMILES string of the molecule is CCCCCCCCC1CCC(CCCCCCCC)(OCC(C)(C)C)CC1. The van der Waals surface area contributed by atoms with Crippen LogP contribution in [-0.2, 0) is 4.74 Å². The minimum Gasteiger partial charge on any atom is -0.374 e. The minimum absolute atomic E-state index is 0.204. The first kappa shape index (κ1) is 26.0. The lowest BCUT2D eigenvalue weighted by Gasteiger charge is -2.42. The van der Waals surface area contributed by atoms with Gasteiger partial charge in [-0.3, -0.25) is 0 Å². The van der Waals surface area contributed by atoms with Gasteiger partial charge in [0, 0.05) is 0 Å². The molecule has 0 radical (unpaired) electrons. The summed E-state index contributed by atoms with van der Waals surface area (Å²) in [4.78, 5) is 0. The van der Waals surface area contributed by atoms with Crippen molar-refractivity contribution in [2.24, 2.45) is 11.3 Å². The van der Waals surface area contributed by atoms with Gasteiger partial charge in [0.05, 0.1) is 12.2 Å². The molecule has 1 saturated carbocycles. The zero-order chi connectivity index (χ0) is 20.7. The van der Waals surface area contributed by atoms with Gasteiger partial charge in [-0.1, -0.05) is 118 Å². The molecule has 0 spiro atoms. The Morgan fingerprint density at radius 1 is 0.714 bits per heavy atom.